The van der Waals surface area contributed by atoms with Crippen molar-refractivity contribution in [2.75, 3.05) is 11.1 Å². The van der Waals surface area contributed by atoms with E-state index < -0.39 is 80.3 Å². The Bertz CT molecular complexity index is 2320. The smallest absolute Gasteiger partial charge is 0.229 e. The van der Waals surface area contributed by atoms with E-state index in [1.54, 1.807) is 20.8 Å². The summed E-state index contributed by atoms with van der Waals surface area (Å²) in [5.41, 5.74) is 2.00. The molecule has 2 aromatic heterocycles. The molecule has 6 aromatic rings. The number of fused-ring (bicyclic) bond motifs is 2. The number of amides is 1. The molecule has 0 saturated carbocycles. The van der Waals surface area contributed by atoms with Gasteiger partial charge in [0.15, 0.2) is 46.5 Å². The zero-order valence-electron chi connectivity index (χ0n) is 26.3. The number of hydrogen-bond donors (Lipinski definition) is 2. The van der Waals surface area contributed by atoms with Crippen molar-refractivity contribution in [2.24, 2.45) is 5.41 Å². The third-order valence-electron chi connectivity index (χ3n) is 7.26. The van der Waals surface area contributed by atoms with Crippen LogP contribution in [0.1, 0.15) is 60.0 Å². The van der Waals surface area contributed by atoms with E-state index in [4.69, 9.17) is 5.73 Å². The summed E-state index contributed by atoms with van der Waals surface area (Å²) in [4.78, 5) is 52.7. The predicted octanol–water partition coefficient (Wildman–Crippen LogP) is 7.76. The van der Waals surface area contributed by atoms with E-state index in [1.807, 2.05) is 0 Å². The fraction of sp³-hybridized carbons (Fsp3) is 0.139. The Morgan fingerprint density at radius 1 is 0.647 bits per heavy atom. The maximum atomic E-state index is 14.8. The summed E-state index contributed by atoms with van der Waals surface area (Å²) in [5, 5.41) is 3.19. The second-order valence-corrected chi connectivity index (χ2v) is 11.8. The number of hydrogen-bond acceptors (Lipinski definition) is 8. The van der Waals surface area contributed by atoms with E-state index in [1.165, 1.54) is 61.4 Å². The molecular formula is C36H28F6N6O3. The van der Waals surface area contributed by atoms with Gasteiger partial charge in [0.25, 0.3) is 0 Å². The van der Waals surface area contributed by atoms with Gasteiger partial charge in [0.2, 0.25) is 5.91 Å². The molecule has 0 aliphatic carbocycles. The van der Waals surface area contributed by atoms with Crippen molar-refractivity contribution in [3.63, 3.8) is 0 Å². The quantitative estimate of drug-likeness (QED) is 0.0803. The summed E-state index contributed by atoms with van der Waals surface area (Å²) < 4.78 is 84.2. The number of nitrogens with one attached hydrogen (secondary N) is 1. The molecule has 0 saturated heterocycles. The van der Waals surface area contributed by atoms with Gasteiger partial charge >= 0.3 is 0 Å². The summed E-state index contributed by atoms with van der Waals surface area (Å²) in [6.07, 6.45) is 5.54. The van der Waals surface area contributed by atoms with Gasteiger partial charge in [-0.2, -0.15) is 0 Å². The van der Waals surface area contributed by atoms with Gasteiger partial charge in [0.1, 0.15) is 12.7 Å². The second kappa shape index (κ2) is 14.7. The fourth-order valence-corrected chi connectivity index (χ4v) is 4.57. The number of nitrogen functional groups attached to an aromatic ring is 1. The van der Waals surface area contributed by atoms with Gasteiger partial charge in [-0.25, -0.2) is 46.3 Å². The number of ketones is 2. The van der Waals surface area contributed by atoms with Crippen LogP contribution in [-0.4, -0.2) is 37.4 Å². The van der Waals surface area contributed by atoms with E-state index in [0.717, 1.165) is 0 Å². The first-order valence-corrected chi connectivity index (χ1v) is 14.5. The summed E-state index contributed by atoms with van der Waals surface area (Å²) in [7, 11) is 0. The average molecular weight is 707 g/mol. The Morgan fingerprint density at radius 2 is 1.10 bits per heavy atom. The van der Waals surface area contributed by atoms with Crippen LogP contribution in [0.25, 0.3) is 21.8 Å². The molecule has 0 fully saturated rings. The van der Waals surface area contributed by atoms with Crippen LogP contribution in [0.4, 0.5) is 37.7 Å². The van der Waals surface area contributed by atoms with Gasteiger partial charge in [0, 0.05) is 51.8 Å². The summed E-state index contributed by atoms with van der Waals surface area (Å²) in [6.45, 7) is 4.72. The number of rotatable bonds is 5. The van der Waals surface area contributed by atoms with Gasteiger partial charge in [-0.3, -0.25) is 14.4 Å². The Hall–Kier alpha value is -6.25. The van der Waals surface area contributed by atoms with Crippen molar-refractivity contribution in [1.82, 2.24) is 19.9 Å². The number of aromatic nitrogens is 4. The highest BCUT2D eigenvalue weighted by atomic mass is 19.2. The molecule has 1 amide bonds. The summed E-state index contributed by atoms with van der Waals surface area (Å²) >= 11 is 0. The SMILES string of the molecule is C.CC(C)(C)C(=O)Nc1cc(F)c(F)c(C(=O)c2ccc3ncncc3c2)c1F.Nc1cc(F)c(F)c(C(=O)c2ccc3ncncc3c2)c1F. The molecule has 0 aliphatic heterocycles. The molecule has 6 rings (SSSR count). The third kappa shape index (κ3) is 7.66. The van der Waals surface area contributed by atoms with Crippen molar-refractivity contribution in [1.29, 1.82) is 0 Å². The Morgan fingerprint density at radius 3 is 1.57 bits per heavy atom. The lowest BCUT2D eigenvalue weighted by atomic mass is 9.95. The monoisotopic (exact) mass is 706 g/mol. The van der Waals surface area contributed by atoms with Gasteiger partial charge in [-0.05, 0) is 36.4 Å². The zero-order valence-corrected chi connectivity index (χ0v) is 26.3. The first-order chi connectivity index (χ1) is 23.6. The van der Waals surface area contributed by atoms with Crippen molar-refractivity contribution in [2.45, 2.75) is 28.2 Å². The van der Waals surface area contributed by atoms with E-state index in [2.05, 4.69) is 25.3 Å². The van der Waals surface area contributed by atoms with Crippen LogP contribution >= 0.6 is 0 Å². The Labute approximate surface area is 286 Å². The van der Waals surface area contributed by atoms with E-state index in [-0.39, 0.29) is 18.6 Å². The Balaban J connectivity index is 0.000000230. The summed E-state index contributed by atoms with van der Waals surface area (Å²) in [5.74, 6) is -11.3. The second-order valence-electron chi connectivity index (χ2n) is 11.8. The zero-order chi connectivity index (χ0) is 36.5. The molecule has 15 heteroatoms. The molecule has 4 aromatic carbocycles. The molecule has 2 heterocycles. The predicted molar refractivity (Wildman–Crippen MR) is 178 cm³/mol. The van der Waals surface area contributed by atoms with E-state index >= 15 is 0 Å². The highest BCUT2D eigenvalue weighted by Crippen LogP contribution is 2.29. The largest absolute Gasteiger partial charge is 0.396 e. The van der Waals surface area contributed by atoms with Crippen LogP contribution in [0, 0.1) is 40.3 Å². The minimum atomic E-state index is -1.62. The first kappa shape index (κ1) is 37.6. The first-order valence-electron chi connectivity index (χ1n) is 14.5. The van der Waals surface area contributed by atoms with Gasteiger partial charge in [-0.1, -0.05) is 28.2 Å². The van der Waals surface area contributed by atoms with Crippen LogP contribution < -0.4 is 11.1 Å². The molecule has 9 nitrogen and oxygen atoms in total. The van der Waals surface area contributed by atoms with Crippen molar-refractivity contribution in [3.8, 4) is 0 Å². The average Bonchev–Trinajstić information content (AvgIpc) is 3.09. The normalized spacial score (nSPS) is 11.0. The Kier molecular flexibility index (Phi) is 10.8. The minimum Gasteiger partial charge on any atom is -0.396 e. The summed E-state index contributed by atoms with van der Waals surface area (Å²) in [6, 6.07) is 9.40. The van der Waals surface area contributed by atoms with Crippen molar-refractivity contribution < 1.29 is 40.7 Å². The van der Waals surface area contributed by atoms with Crippen LogP contribution in [0.3, 0.4) is 0 Å². The molecule has 262 valence electrons. The maximum absolute atomic E-state index is 14.8. The van der Waals surface area contributed by atoms with Crippen molar-refractivity contribution >= 4 is 50.7 Å². The van der Waals surface area contributed by atoms with E-state index in [9.17, 15) is 40.7 Å². The standard InChI is InChI=1S/C20H16F3N3O2.C15H8F3N3O.CH4/c1-20(2,3)19(28)26-14-7-12(21)16(22)15(17(14)23)18(27)10-4-5-13-11(6-10)8-24-9-25-13;16-9-4-10(19)14(18)12(13(9)17)15(22)7-1-2-11-8(3-7)5-20-6-21-11;/h4-9H,1-3H3,(H,26,28);1-6H,19H2;1H4. The van der Waals surface area contributed by atoms with Crippen LogP contribution in [0.2, 0.25) is 0 Å². The number of nitrogens with two attached hydrogens (primary N) is 1. The lowest BCUT2D eigenvalue weighted by Gasteiger charge is -2.19. The molecular weight excluding hydrogens is 678 g/mol. The van der Waals surface area contributed by atoms with Gasteiger partial charge < -0.3 is 11.1 Å². The maximum Gasteiger partial charge on any atom is 0.229 e. The van der Waals surface area contributed by atoms with Crippen LogP contribution in [0.5, 0.6) is 0 Å². The molecule has 3 N–H and O–H groups in total. The van der Waals surface area contributed by atoms with E-state index in [0.29, 0.717) is 33.9 Å². The molecule has 0 unspecified atom stereocenters. The highest BCUT2D eigenvalue weighted by molar-refractivity contribution is 6.12. The van der Waals surface area contributed by atoms with Gasteiger partial charge in [-0.15, -0.1) is 0 Å². The number of carbonyl (C=O) groups is 3. The number of anilines is 2. The lowest BCUT2D eigenvalue weighted by molar-refractivity contribution is -0.123. The molecule has 0 atom stereocenters. The van der Waals surface area contributed by atoms with Crippen LogP contribution in [-0.2, 0) is 4.79 Å². The minimum absolute atomic E-state index is 0. The molecule has 0 spiro atoms. The lowest BCUT2D eigenvalue weighted by Crippen LogP contribution is -2.28. The number of nitrogens with zero attached hydrogens (tertiary/aromatic N) is 4. The van der Waals surface area contributed by atoms with Crippen molar-refractivity contribution in [3.05, 3.63) is 131 Å². The fourth-order valence-electron chi connectivity index (χ4n) is 4.57. The number of carbonyl (C=O) groups excluding carboxylic acids is 3. The number of benzene rings is 4. The van der Waals surface area contributed by atoms with Gasteiger partial charge in [0.05, 0.1) is 33.5 Å². The third-order valence-corrected chi connectivity index (χ3v) is 7.26. The number of halogens is 6. The molecule has 0 radical (unpaired) electrons. The highest BCUT2D eigenvalue weighted by Gasteiger charge is 2.29. The molecule has 0 aliphatic rings. The topological polar surface area (TPSA) is 141 Å². The molecule has 51 heavy (non-hydrogen) atoms. The molecule has 0 bridgehead atoms. The van der Waals surface area contributed by atoms with Crippen LogP contribution in [0.15, 0.2) is 73.6 Å².